The second-order valence-corrected chi connectivity index (χ2v) is 4.46. The van der Waals surface area contributed by atoms with E-state index in [2.05, 4.69) is 4.18 Å². The maximum absolute atomic E-state index is 10.8. The summed E-state index contributed by atoms with van der Waals surface area (Å²) in [5.74, 6) is 0. The minimum absolute atomic E-state index is 0.952. The lowest BCUT2D eigenvalue weighted by Gasteiger charge is -1.96. The van der Waals surface area contributed by atoms with E-state index in [-0.39, 0.29) is 0 Å². The van der Waals surface area contributed by atoms with Gasteiger partial charge in [-0.2, -0.15) is 0 Å². The zero-order chi connectivity index (χ0) is 8.10. The number of hydrogen-bond acceptors (Lipinski definition) is 3. The molecule has 4 heteroatoms. The third kappa shape index (κ3) is 3.05. The van der Waals surface area contributed by atoms with Crippen molar-refractivity contribution in [3.63, 3.8) is 0 Å². The fourth-order valence-corrected chi connectivity index (χ4v) is 2.09. The Balaban J connectivity index is 2.58. The molecular formula is C7H8O2S2. The van der Waals surface area contributed by atoms with Crippen LogP contribution in [0.4, 0.5) is 0 Å². The Morgan fingerprint density at radius 1 is 1.36 bits per heavy atom. The quantitative estimate of drug-likeness (QED) is 0.679. The minimum Gasteiger partial charge on any atom is -0.285 e. The van der Waals surface area contributed by atoms with Crippen LogP contribution < -0.4 is 0 Å². The summed E-state index contributed by atoms with van der Waals surface area (Å²) in [5, 5.41) is 0. The predicted molar refractivity (Wildman–Crippen MR) is 47.5 cm³/mol. The van der Waals surface area contributed by atoms with Gasteiger partial charge in [0.05, 0.1) is 7.11 Å². The van der Waals surface area contributed by atoms with E-state index in [9.17, 15) is 4.21 Å². The summed E-state index contributed by atoms with van der Waals surface area (Å²) in [7, 11) is 1.35. The lowest BCUT2D eigenvalue weighted by molar-refractivity contribution is 0.457. The highest BCUT2D eigenvalue weighted by molar-refractivity contribution is 8.67. The average Bonchev–Trinajstić information content (AvgIpc) is 2.06. The third-order valence-electron chi connectivity index (χ3n) is 1.04. The van der Waals surface area contributed by atoms with Crippen LogP contribution in [0.5, 0.6) is 0 Å². The van der Waals surface area contributed by atoms with E-state index >= 15 is 0 Å². The van der Waals surface area contributed by atoms with Gasteiger partial charge in [0.25, 0.3) is 0 Å². The van der Waals surface area contributed by atoms with Crippen molar-refractivity contribution in [2.75, 3.05) is 7.11 Å². The zero-order valence-corrected chi connectivity index (χ0v) is 7.65. The molecule has 11 heavy (non-hydrogen) atoms. The molecule has 1 rings (SSSR count). The number of benzene rings is 1. The van der Waals surface area contributed by atoms with Gasteiger partial charge < -0.3 is 0 Å². The van der Waals surface area contributed by atoms with Crippen LogP contribution in [-0.2, 0) is 14.3 Å². The first-order valence-electron chi connectivity index (χ1n) is 3.02. The van der Waals surface area contributed by atoms with Crippen LogP contribution in [-0.4, -0.2) is 11.3 Å². The Bertz CT molecular complexity index is 235. The van der Waals surface area contributed by atoms with Crippen molar-refractivity contribution >= 4 is 20.9 Å². The predicted octanol–water partition coefficient (Wildman–Crippen LogP) is 2.00. The van der Waals surface area contributed by atoms with Crippen LogP contribution >= 0.6 is 10.8 Å². The van der Waals surface area contributed by atoms with Gasteiger partial charge in [-0.25, -0.2) is 4.21 Å². The molecule has 60 valence electrons. The Morgan fingerprint density at radius 3 is 2.55 bits per heavy atom. The van der Waals surface area contributed by atoms with Crippen molar-refractivity contribution in [2.24, 2.45) is 0 Å². The van der Waals surface area contributed by atoms with E-state index in [0.717, 1.165) is 4.90 Å². The highest BCUT2D eigenvalue weighted by Crippen LogP contribution is 2.20. The standard InChI is InChI=1S/C7H8O2S2/c1-9-11(8)10-7-5-3-2-4-6-7/h2-6H,1H3. The molecule has 0 spiro atoms. The molecule has 0 saturated heterocycles. The highest BCUT2D eigenvalue weighted by atomic mass is 33.1. The van der Waals surface area contributed by atoms with Crippen molar-refractivity contribution in [1.29, 1.82) is 0 Å². The molecule has 0 aliphatic heterocycles. The van der Waals surface area contributed by atoms with E-state index in [1.165, 1.54) is 17.9 Å². The topological polar surface area (TPSA) is 26.3 Å². The molecule has 0 bridgehead atoms. The van der Waals surface area contributed by atoms with E-state index in [4.69, 9.17) is 0 Å². The van der Waals surface area contributed by atoms with Gasteiger partial charge in [-0.1, -0.05) is 18.2 Å². The van der Waals surface area contributed by atoms with Crippen molar-refractivity contribution in [1.82, 2.24) is 0 Å². The monoisotopic (exact) mass is 188 g/mol. The van der Waals surface area contributed by atoms with E-state index in [0.29, 0.717) is 0 Å². The summed E-state index contributed by atoms with van der Waals surface area (Å²) in [6.07, 6.45) is 0. The molecule has 0 aromatic heterocycles. The van der Waals surface area contributed by atoms with Gasteiger partial charge in [-0.3, -0.25) is 4.18 Å². The van der Waals surface area contributed by atoms with Crippen LogP contribution in [0, 0.1) is 0 Å². The Morgan fingerprint density at radius 2 is 2.00 bits per heavy atom. The molecule has 0 amide bonds. The first-order chi connectivity index (χ1) is 5.33. The molecule has 0 radical (unpaired) electrons. The van der Waals surface area contributed by atoms with E-state index < -0.39 is 10.1 Å². The highest BCUT2D eigenvalue weighted by Gasteiger charge is 1.98. The SMILES string of the molecule is COS(=O)Sc1ccccc1. The summed E-state index contributed by atoms with van der Waals surface area (Å²) in [5.41, 5.74) is 0. The zero-order valence-electron chi connectivity index (χ0n) is 6.02. The van der Waals surface area contributed by atoms with E-state index in [1.807, 2.05) is 30.3 Å². The third-order valence-corrected chi connectivity index (χ3v) is 3.31. The van der Waals surface area contributed by atoms with Crippen molar-refractivity contribution in [3.05, 3.63) is 30.3 Å². The van der Waals surface area contributed by atoms with Crippen LogP contribution in [0.25, 0.3) is 0 Å². The molecule has 0 saturated carbocycles. The normalized spacial score (nSPS) is 12.8. The Kier molecular flexibility index (Phi) is 3.62. The summed E-state index contributed by atoms with van der Waals surface area (Å²) >= 11 is 0. The van der Waals surface area contributed by atoms with Crippen molar-refractivity contribution in [2.45, 2.75) is 4.90 Å². The average molecular weight is 188 g/mol. The molecular weight excluding hydrogens is 180 g/mol. The number of rotatable bonds is 3. The molecule has 0 aliphatic carbocycles. The van der Waals surface area contributed by atoms with Gasteiger partial charge in [0.1, 0.15) is 0 Å². The fraction of sp³-hybridized carbons (Fsp3) is 0.143. The molecule has 1 aromatic rings. The summed E-state index contributed by atoms with van der Waals surface area (Å²) in [6.45, 7) is 0. The van der Waals surface area contributed by atoms with Gasteiger partial charge in [-0.15, -0.1) is 0 Å². The second-order valence-electron chi connectivity index (χ2n) is 1.77. The van der Waals surface area contributed by atoms with Gasteiger partial charge in [-0.05, 0) is 12.1 Å². The largest absolute Gasteiger partial charge is 0.285 e. The summed E-state index contributed by atoms with van der Waals surface area (Å²) in [6, 6.07) is 9.49. The van der Waals surface area contributed by atoms with Gasteiger partial charge in [0.15, 0.2) is 0 Å². The molecule has 1 aromatic carbocycles. The first kappa shape index (κ1) is 8.77. The number of hydrogen-bond donors (Lipinski definition) is 0. The van der Waals surface area contributed by atoms with Crippen LogP contribution in [0.3, 0.4) is 0 Å². The molecule has 0 N–H and O–H groups in total. The molecule has 1 unspecified atom stereocenters. The van der Waals surface area contributed by atoms with Crippen molar-refractivity contribution in [3.8, 4) is 0 Å². The molecule has 1 atom stereocenters. The second kappa shape index (κ2) is 4.54. The lowest BCUT2D eigenvalue weighted by Crippen LogP contribution is -1.83. The minimum atomic E-state index is -1.26. The fourth-order valence-electron chi connectivity index (χ4n) is 0.589. The summed E-state index contributed by atoms with van der Waals surface area (Å²) < 4.78 is 15.4. The molecule has 0 aliphatic rings. The maximum Gasteiger partial charge on any atom is 0.223 e. The van der Waals surface area contributed by atoms with Crippen LogP contribution in [0.1, 0.15) is 0 Å². The van der Waals surface area contributed by atoms with Gasteiger partial charge >= 0.3 is 0 Å². The summed E-state index contributed by atoms with van der Waals surface area (Å²) in [4.78, 5) is 0.952. The van der Waals surface area contributed by atoms with E-state index in [1.54, 1.807) is 0 Å². The maximum atomic E-state index is 10.8. The van der Waals surface area contributed by atoms with Crippen LogP contribution in [0.15, 0.2) is 35.2 Å². The van der Waals surface area contributed by atoms with Crippen LogP contribution in [0.2, 0.25) is 0 Å². The molecule has 0 heterocycles. The Hall–Kier alpha value is -0.320. The molecule has 2 nitrogen and oxygen atoms in total. The Labute approximate surface area is 72.0 Å². The van der Waals surface area contributed by atoms with Gasteiger partial charge in [0.2, 0.25) is 10.1 Å². The van der Waals surface area contributed by atoms with Gasteiger partial charge in [0, 0.05) is 15.7 Å². The first-order valence-corrected chi connectivity index (χ1v) is 5.43. The lowest BCUT2D eigenvalue weighted by atomic mass is 10.4. The smallest absolute Gasteiger partial charge is 0.223 e. The van der Waals surface area contributed by atoms with Crippen molar-refractivity contribution < 1.29 is 8.39 Å². The molecule has 0 fully saturated rings.